The first-order chi connectivity index (χ1) is 13.5. The lowest BCUT2D eigenvalue weighted by Gasteiger charge is -2.33. The zero-order valence-corrected chi connectivity index (χ0v) is 18.1. The lowest BCUT2D eigenvalue weighted by molar-refractivity contribution is 0.456. The molecule has 0 bridgehead atoms. The molecule has 0 aliphatic carbocycles. The normalized spacial score (nSPS) is 13.8. The van der Waals surface area contributed by atoms with Gasteiger partial charge in [-0.05, 0) is 53.6 Å². The maximum absolute atomic E-state index is 13.0. The van der Waals surface area contributed by atoms with Crippen molar-refractivity contribution in [3.63, 3.8) is 0 Å². The van der Waals surface area contributed by atoms with E-state index in [9.17, 15) is 23.2 Å². The first-order valence-corrected chi connectivity index (χ1v) is 10.8. The molecule has 3 aromatic rings. The van der Waals surface area contributed by atoms with Crippen LogP contribution >= 0.6 is 46.4 Å². The van der Waals surface area contributed by atoms with Crippen molar-refractivity contribution in [2.45, 2.75) is 4.75 Å². The summed E-state index contributed by atoms with van der Waals surface area (Å²) in [7, 11) is -5.01. The highest BCUT2D eigenvalue weighted by atomic mass is 35.5. The Morgan fingerprint density at radius 1 is 0.724 bits per heavy atom. The van der Waals surface area contributed by atoms with Crippen LogP contribution in [0.4, 0.5) is 0 Å². The minimum Gasteiger partial charge on any atom is -0.508 e. The molecule has 29 heavy (non-hydrogen) atoms. The van der Waals surface area contributed by atoms with E-state index in [0.717, 1.165) is 12.1 Å². The summed E-state index contributed by atoms with van der Waals surface area (Å²) in [5.41, 5.74) is -0.139. The second-order valence-corrected chi connectivity index (χ2v) is 9.34. The minimum atomic E-state index is -5.01. The van der Waals surface area contributed by atoms with Crippen LogP contribution in [0.1, 0.15) is 16.7 Å². The summed E-state index contributed by atoms with van der Waals surface area (Å²) in [5, 5.41) is 19.2. The van der Waals surface area contributed by atoms with E-state index in [0.29, 0.717) is 0 Å². The fourth-order valence-corrected chi connectivity index (χ4v) is 5.42. The van der Waals surface area contributed by atoms with Gasteiger partial charge < -0.3 is 10.2 Å². The molecular weight excluding hydrogens is 482 g/mol. The number of benzene rings is 3. The van der Waals surface area contributed by atoms with Crippen molar-refractivity contribution >= 4 is 56.5 Å². The van der Waals surface area contributed by atoms with Gasteiger partial charge in [-0.3, -0.25) is 4.55 Å². The summed E-state index contributed by atoms with van der Waals surface area (Å²) in [6.45, 7) is 0. The van der Waals surface area contributed by atoms with Crippen LogP contribution in [0.2, 0.25) is 20.1 Å². The summed E-state index contributed by atoms with van der Waals surface area (Å²) in [4.78, 5) is 0. The molecule has 0 radical (unpaired) electrons. The van der Waals surface area contributed by atoms with Gasteiger partial charge in [-0.15, -0.1) is 0 Å². The van der Waals surface area contributed by atoms with Crippen LogP contribution in [-0.4, -0.2) is 23.2 Å². The monoisotopic (exact) mass is 492 g/mol. The fraction of sp³-hybridized carbons (Fsp3) is 0.0526. The van der Waals surface area contributed by atoms with E-state index in [1.807, 2.05) is 0 Å². The highest BCUT2D eigenvalue weighted by molar-refractivity contribution is 7.87. The maximum atomic E-state index is 13.0. The van der Waals surface area contributed by atoms with E-state index in [-0.39, 0.29) is 42.5 Å². The summed E-state index contributed by atoms with van der Waals surface area (Å²) in [5.74, 6) is -0.582. The van der Waals surface area contributed by atoms with Gasteiger partial charge in [0.25, 0.3) is 10.1 Å². The van der Waals surface area contributed by atoms with E-state index in [2.05, 4.69) is 0 Å². The number of halogens is 4. The largest absolute Gasteiger partial charge is 0.508 e. The number of hydrogen-bond acceptors (Lipinski definition) is 4. The molecule has 0 spiro atoms. The maximum Gasteiger partial charge on any atom is 0.283 e. The van der Waals surface area contributed by atoms with E-state index in [4.69, 9.17) is 46.4 Å². The molecule has 10 heteroatoms. The van der Waals surface area contributed by atoms with Crippen LogP contribution in [0.15, 0.2) is 54.6 Å². The highest BCUT2D eigenvalue weighted by Crippen LogP contribution is 2.49. The predicted molar refractivity (Wildman–Crippen MR) is 114 cm³/mol. The fourth-order valence-electron chi connectivity index (χ4n) is 3.15. The molecule has 0 aliphatic rings. The number of hydrogen-bond donors (Lipinski definition) is 3. The molecule has 1 unspecified atom stereocenters. The third-order valence-electron chi connectivity index (χ3n) is 4.39. The minimum absolute atomic E-state index is 0.0135. The summed E-state index contributed by atoms with van der Waals surface area (Å²) in [6.07, 6.45) is 0. The predicted octanol–water partition coefficient (Wildman–Crippen LogP) is 5.89. The molecule has 0 amide bonds. The van der Waals surface area contributed by atoms with E-state index in [1.54, 1.807) is 0 Å². The van der Waals surface area contributed by atoms with Gasteiger partial charge in [0.2, 0.25) is 0 Å². The molecule has 3 N–H and O–H groups in total. The van der Waals surface area contributed by atoms with Crippen molar-refractivity contribution in [2.24, 2.45) is 0 Å². The summed E-state index contributed by atoms with van der Waals surface area (Å²) in [6, 6.07) is 11.5. The Morgan fingerprint density at radius 2 is 1.28 bits per heavy atom. The van der Waals surface area contributed by atoms with Gasteiger partial charge in [-0.25, -0.2) is 0 Å². The Kier molecular flexibility index (Phi) is 5.98. The number of aromatic hydroxyl groups is 2. The Morgan fingerprint density at radius 3 is 1.79 bits per heavy atom. The van der Waals surface area contributed by atoms with Crippen molar-refractivity contribution in [2.75, 3.05) is 0 Å². The second-order valence-electron chi connectivity index (χ2n) is 6.12. The van der Waals surface area contributed by atoms with E-state index >= 15 is 0 Å². The Bertz CT molecular complexity index is 1170. The molecule has 0 aliphatic heterocycles. The second kappa shape index (κ2) is 7.87. The quantitative estimate of drug-likeness (QED) is 0.311. The van der Waals surface area contributed by atoms with Crippen LogP contribution in [0.3, 0.4) is 0 Å². The first-order valence-electron chi connectivity index (χ1n) is 7.89. The van der Waals surface area contributed by atoms with Gasteiger partial charge in [0, 0.05) is 15.6 Å². The first kappa shape index (κ1) is 22.0. The van der Waals surface area contributed by atoms with Gasteiger partial charge in [0.15, 0.2) is 10.5 Å². The average molecular weight is 494 g/mol. The van der Waals surface area contributed by atoms with Crippen LogP contribution < -0.4 is 0 Å². The van der Waals surface area contributed by atoms with Crippen molar-refractivity contribution in [3.8, 4) is 11.5 Å². The summed E-state index contributed by atoms with van der Waals surface area (Å²) < 4.78 is 34.1. The van der Waals surface area contributed by atoms with Crippen LogP contribution in [-0.2, 0) is 14.9 Å². The highest BCUT2D eigenvalue weighted by Gasteiger charge is 2.50. The zero-order valence-electron chi connectivity index (χ0n) is 14.3. The number of rotatable bonds is 4. The Labute approximate surface area is 186 Å². The van der Waals surface area contributed by atoms with E-state index in [1.165, 1.54) is 42.5 Å². The molecule has 0 saturated carbocycles. The van der Waals surface area contributed by atoms with Gasteiger partial charge in [-0.2, -0.15) is 8.42 Å². The summed E-state index contributed by atoms with van der Waals surface area (Å²) >= 11 is 24.5. The molecule has 5 nitrogen and oxygen atoms in total. The molecular formula is C19H12Cl4O5S. The molecule has 0 fully saturated rings. The topological polar surface area (TPSA) is 94.8 Å². The SMILES string of the molecule is O=S(=O)(O)C(c1ccc(O)cc1)(c1cc(Cl)c(O)c(Cl)c1)c1cc(Cl)ccc1Cl. The van der Waals surface area contributed by atoms with Crippen LogP contribution in [0, 0.1) is 0 Å². The van der Waals surface area contributed by atoms with Gasteiger partial charge in [0.1, 0.15) is 5.75 Å². The third kappa shape index (κ3) is 3.77. The Hall–Kier alpha value is -1.67. The number of phenols is 2. The zero-order chi connectivity index (χ0) is 21.6. The van der Waals surface area contributed by atoms with Gasteiger partial charge in [-0.1, -0.05) is 58.5 Å². The molecule has 152 valence electrons. The lowest BCUT2D eigenvalue weighted by atomic mass is 9.83. The van der Waals surface area contributed by atoms with Crippen molar-refractivity contribution < 1.29 is 23.2 Å². The molecule has 0 aromatic heterocycles. The molecule has 0 saturated heterocycles. The Balaban J connectivity index is 2.58. The average Bonchev–Trinajstić information content (AvgIpc) is 2.63. The standard InChI is InChI=1S/C19H12Cl4O5S/c20-12-3-6-15(21)14(9-12)19(29(26,27)28,10-1-4-13(24)5-2-10)11-7-16(22)18(25)17(23)8-11/h1-9,24-25H,(H,26,27,28). The lowest BCUT2D eigenvalue weighted by Crippen LogP contribution is -2.38. The van der Waals surface area contributed by atoms with Crippen LogP contribution in [0.5, 0.6) is 11.5 Å². The van der Waals surface area contributed by atoms with E-state index < -0.39 is 20.6 Å². The van der Waals surface area contributed by atoms with Gasteiger partial charge in [0.05, 0.1) is 10.0 Å². The van der Waals surface area contributed by atoms with Crippen molar-refractivity contribution in [1.29, 1.82) is 0 Å². The van der Waals surface area contributed by atoms with Crippen LogP contribution in [0.25, 0.3) is 0 Å². The molecule has 0 heterocycles. The number of phenolic OH excluding ortho intramolecular Hbond substituents is 2. The van der Waals surface area contributed by atoms with Crippen molar-refractivity contribution in [3.05, 3.63) is 91.4 Å². The smallest absolute Gasteiger partial charge is 0.283 e. The van der Waals surface area contributed by atoms with Crippen molar-refractivity contribution in [1.82, 2.24) is 0 Å². The molecule has 3 aromatic carbocycles. The molecule has 3 rings (SSSR count). The van der Waals surface area contributed by atoms with Gasteiger partial charge >= 0.3 is 0 Å². The molecule has 1 atom stereocenters. The third-order valence-corrected chi connectivity index (χ3v) is 7.00.